The van der Waals surface area contributed by atoms with Crippen LogP contribution in [-0.2, 0) is 6.42 Å². The molecule has 1 fully saturated rings. The van der Waals surface area contributed by atoms with Crippen LogP contribution in [0.4, 0.5) is 0 Å². The van der Waals surface area contributed by atoms with Crippen LogP contribution in [0.25, 0.3) is 5.57 Å². The average Bonchev–Trinajstić information content (AvgIpc) is 2.81. The molecule has 33 heavy (non-hydrogen) atoms. The summed E-state index contributed by atoms with van der Waals surface area (Å²) in [6, 6.07) is 6.55. The van der Waals surface area contributed by atoms with E-state index in [-0.39, 0.29) is 0 Å². The van der Waals surface area contributed by atoms with Crippen molar-refractivity contribution in [1.82, 2.24) is 5.32 Å². The molecule has 0 amide bonds. The molecule has 0 saturated heterocycles. The molecule has 1 nitrogen and oxygen atoms in total. The Kier molecular flexibility index (Phi) is 33.5. The Labute approximate surface area is 211 Å². The lowest BCUT2D eigenvalue weighted by Gasteiger charge is -2.34. The Bertz CT molecular complexity index is 550. The van der Waals surface area contributed by atoms with Gasteiger partial charge in [0.15, 0.2) is 0 Å². The Morgan fingerprint density at radius 3 is 1.79 bits per heavy atom. The zero-order valence-corrected chi connectivity index (χ0v) is 25.3. The monoisotopic (exact) mass is 461 g/mol. The van der Waals surface area contributed by atoms with Gasteiger partial charge in [0.25, 0.3) is 0 Å². The van der Waals surface area contributed by atoms with E-state index >= 15 is 0 Å². The number of hydrogen-bond acceptors (Lipinski definition) is 1. The quantitative estimate of drug-likeness (QED) is 0.398. The SMILES string of the molecule is C=C(C)c1ccc(C)cc1CC.C=C(NCCCC)C1CC(C)C1.CC.CC.CC.CCC. The van der Waals surface area contributed by atoms with E-state index in [1.54, 1.807) is 0 Å². The molecule has 0 aliphatic heterocycles. The van der Waals surface area contributed by atoms with Gasteiger partial charge in [-0.1, -0.05) is 131 Å². The van der Waals surface area contributed by atoms with Crippen molar-refractivity contribution in [1.29, 1.82) is 0 Å². The van der Waals surface area contributed by atoms with E-state index in [0.29, 0.717) is 0 Å². The fraction of sp³-hybridized carbons (Fsp3) is 0.688. The highest BCUT2D eigenvalue weighted by Crippen LogP contribution is 2.36. The molecule has 1 aromatic rings. The second kappa shape index (κ2) is 28.5. The van der Waals surface area contributed by atoms with Gasteiger partial charge in [-0.25, -0.2) is 0 Å². The van der Waals surface area contributed by atoms with E-state index in [2.05, 4.69) is 85.1 Å². The van der Waals surface area contributed by atoms with Crippen LogP contribution in [0.15, 0.2) is 37.1 Å². The third kappa shape index (κ3) is 20.8. The maximum absolute atomic E-state index is 4.07. The van der Waals surface area contributed by atoms with Crippen molar-refractivity contribution in [2.24, 2.45) is 11.8 Å². The van der Waals surface area contributed by atoms with Crippen LogP contribution < -0.4 is 5.32 Å². The van der Waals surface area contributed by atoms with Crippen molar-refractivity contribution in [2.45, 2.75) is 129 Å². The largest absolute Gasteiger partial charge is 0.389 e. The van der Waals surface area contributed by atoms with Crippen molar-refractivity contribution in [3.05, 3.63) is 53.7 Å². The van der Waals surface area contributed by atoms with Gasteiger partial charge in [0.05, 0.1) is 0 Å². The molecule has 1 aliphatic rings. The molecular weight excluding hydrogens is 398 g/mol. The first kappa shape index (κ1) is 38.7. The lowest BCUT2D eigenvalue weighted by molar-refractivity contribution is 0.240. The molecule has 1 saturated carbocycles. The summed E-state index contributed by atoms with van der Waals surface area (Å²) in [5, 5.41) is 3.41. The Morgan fingerprint density at radius 2 is 1.42 bits per heavy atom. The second-order valence-electron chi connectivity index (χ2n) is 8.08. The lowest BCUT2D eigenvalue weighted by Crippen LogP contribution is -2.29. The molecule has 0 unspecified atom stereocenters. The number of hydrogen-bond donors (Lipinski definition) is 1. The summed E-state index contributed by atoms with van der Waals surface area (Å²) >= 11 is 0. The predicted molar refractivity (Wildman–Crippen MR) is 159 cm³/mol. The Morgan fingerprint density at radius 1 is 0.939 bits per heavy atom. The Hall–Kier alpha value is -1.50. The minimum Gasteiger partial charge on any atom is -0.389 e. The first-order valence-electron chi connectivity index (χ1n) is 14.0. The normalized spacial score (nSPS) is 14.8. The van der Waals surface area contributed by atoms with Crippen molar-refractivity contribution < 1.29 is 0 Å². The minimum absolute atomic E-state index is 0.775. The van der Waals surface area contributed by atoms with Crippen LogP contribution in [0, 0.1) is 18.8 Å². The van der Waals surface area contributed by atoms with E-state index < -0.39 is 0 Å². The molecule has 0 aromatic heterocycles. The highest BCUT2D eigenvalue weighted by molar-refractivity contribution is 5.64. The summed E-state index contributed by atoms with van der Waals surface area (Å²) in [5.74, 6) is 1.71. The molecule has 1 aliphatic carbocycles. The number of rotatable bonds is 7. The molecule has 1 heteroatoms. The van der Waals surface area contributed by atoms with Crippen LogP contribution in [0.3, 0.4) is 0 Å². The first-order chi connectivity index (χ1) is 15.8. The summed E-state index contributed by atoms with van der Waals surface area (Å²) in [6.45, 7) is 36.3. The van der Waals surface area contributed by atoms with Gasteiger partial charge in [-0.15, -0.1) is 0 Å². The van der Waals surface area contributed by atoms with Gasteiger partial charge in [0.1, 0.15) is 0 Å². The van der Waals surface area contributed by atoms with Gasteiger partial charge >= 0.3 is 0 Å². The maximum atomic E-state index is 4.07. The summed E-state index contributed by atoms with van der Waals surface area (Å²) in [4.78, 5) is 0. The van der Waals surface area contributed by atoms with Gasteiger partial charge in [-0.05, 0) is 62.5 Å². The molecule has 0 bridgehead atoms. The summed E-state index contributed by atoms with van der Waals surface area (Å²) in [7, 11) is 0. The smallest absolute Gasteiger partial charge is 0.0143 e. The fourth-order valence-electron chi connectivity index (χ4n) is 3.19. The number of aryl methyl sites for hydroxylation is 2. The van der Waals surface area contributed by atoms with Gasteiger partial charge < -0.3 is 5.32 Å². The van der Waals surface area contributed by atoms with Crippen molar-refractivity contribution in [2.75, 3.05) is 6.54 Å². The van der Waals surface area contributed by atoms with Crippen LogP contribution in [0.5, 0.6) is 0 Å². The average molecular weight is 462 g/mol. The van der Waals surface area contributed by atoms with E-state index in [1.807, 2.05) is 41.5 Å². The first-order valence-corrected chi connectivity index (χ1v) is 14.0. The van der Waals surface area contributed by atoms with Gasteiger partial charge in [0, 0.05) is 12.2 Å². The highest BCUT2D eigenvalue weighted by atomic mass is 14.9. The Balaban J connectivity index is -0.000000189. The third-order valence-corrected chi connectivity index (χ3v) is 4.85. The van der Waals surface area contributed by atoms with E-state index in [1.165, 1.54) is 54.5 Å². The summed E-state index contributed by atoms with van der Waals surface area (Å²) in [5.41, 5.74) is 6.48. The number of nitrogens with one attached hydrogen (secondary N) is 1. The third-order valence-electron chi connectivity index (χ3n) is 4.85. The van der Waals surface area contributed by atoms with Crippen LogP contribution >= 0.6 is 0 Å². The summed E-state index contributed by atoms with van der Waals surface area (Å²) in [6.07, 6.45) is 7.56. The molecule has 0 radical (unpaired) electrons. The molecule has 196 valence electrons. The minimum atomic E-state index is 0.775. The van der Waals surface area contributed by atoms with Gasteiger partial charge in [-0.3, -0.25) is 0 Å². The molecule has 1 N–H and O–H groups in total. The highest BCUT2D eigenvalue weighted by Gasteiger charge is 2.27. The van der Waals surface area contributed by atoms with Crippen LogP contribution in [0.1, 0.15) is 132 Å². The molecule has 2 rings (SSSR count). The number of benzene rings is 1. The van der Waals surface area contributed by atoms with Gasteiger partial charge in [-0.2, -0.15) is 0 Å². The van der Waals surface area contributed by atoms with Crippen LogP contribution in [-0.4, -0.2) is 6.54 Å². The lowest BCUT2D eigenvalue weighted by atomic mass is 9.74. The molecule has 1 aromatic carbocycles. The van der Waals surface area contributed by atoms with E-state index in [9.17, 15) is 0 Å². The second-order valence-corrected chi connectivity index (χ2v) is 8.08. The maximum Gasteiger partial charge on any atom is 0.0143 e. The predicted octanol–water partition coefficient (Wildman–Crippen LogP) is 11.0. The standard InChI is InChI=1S/C12H16.C11H21N.C3H8.3C2H6/c1-5-11-8-10(4)6-7-12(11)9(2)3;1-4-5-6-12-10(3)11-7-9(2)8-11;1-3-2;3*1-2/h6-8H,2,5H2,1,3-4H3;9,11-12H,3-8H2,1-2H3;3H2,1-2H3;3*1-2H3. The zero-order valence-electron chi connectivity index (χ0n) is 25.3. The van der Waals surface area contributed by atoms with Gasteiger partial charge in [0.2, 0.25) is 0 Å². The van der Waals surface area contributed by atoms with E-state index in [0.717, 1.165) is 30.4 Å². The van der Waals surface area contributed by atoms with E-state index in [4.69, 9.17) is 0 Å². The summed E-state index contributed by atoms with van der Waals surface area (Å²) < 4.78 is 0. The van der Waals surface area contributed by atoms with Crippen molar-refractivity contribution >= 4 is 5.57 Å². The topological polar surface area (TPSA) is 12.0 Å². The van der Waals surface area contributed by atoms with Crippen molar-refractivity contribution in [3.8, 4) is 0 Å². The fourth-order valence-corrected chi connectivity index (χ4v) is 3.19. The number of allylic oxidation sites excluding steroid dienone is 2. The molecule has 0 atom stereocenters. The number of unbranched alkanes of at least 4 members (excludes halogenated alkanes) is 1. The molecule has 0 spiro atoms. The van der Waals surface area contributed by atoms with Crippen molar-refractivity contribution in [3.63, 3.8) is 0 Å². The zero-order chi connectivity index (χ0) is 26.8. The van der Waals surface area contributed by atoms with Crippen LogP contribution in [0.2, 0.25) is 0 Å². The molecule has 0 heterocycles. The molecular formula is C32H63N.